The van der Waals surface area contributed by atoms with Crippen molar-refractivity contribution >= 4 is 46.6 Å². The number of rotatable bonds is 10. The summed E-state index contributed by atoms with van der Waals surface area (Å²) in [4.78, 5) is 41.1. The maximum absolute atomic E-state index is 12.7. The fourth-order valence-corrected chi connectivity index (χ4v) is 4.53. The molecule has 0 spiro atoms. The molecule has 0 unspecified atom stereocenters. The van der Waals surface area contributed by atoms with Crippen LogP contribution in [0.4, 0.5) is 5.69 Å². The maximum atomic E-state index is 12.7. The minimum absolute atomic E-state index is 0.113. The molecule has 0 aliphatic heterocycles. The third-order valence-electron chi connectivity index (χ3n) is 4.51. The Balaban J connectivity index is 1.53. The molecule has 0 radical (unpaired) electrons. The van der Waals surface area contributed by atoms with Crippen molar-refractivity contribution in [3.05, 3.63) is 76.3 Å². The molecule has 9 heteroatoms. The zero-order chi connectivity index (χ0) is 23.6. The molecule has 172 valence electrons. The van der Waals surface area contributed by atoms with E-state index in [-0.39, 0.29) is 30.0 Å². The Bertz CT molecular complexity index is 1110. The number of nitrogens with one attached hydrogen (secondary N) is 2. The molecule has 0 fully saturated rings. The van der Waals surface area contributed by atoms with Crippen LogP contribution in [0, 0.1) is 6.92 Å². The van der Waals surface area contributed by atoms with E-state index in [9.17, 15) is 14.4 Å². The smallest absolute Gasteiger partial charge is 0.311 e. The minimum atomic E-state index is -0.325. The number of carbonyl (C=O) groups is 3. The molecular formula is C24H25N3O4S2. The van der Waals surface area contributed by atoms with E-state index in [1.807, 2.05) is 31.2 Å². The van der Waals surface area contributed by atoms with Crippen LogP contribution in [-0.4, -0.2) is 35.1 Å². The summed E-state index contributed by atoms with van der Waals surface area (Å²) < 4.78 is 5.61. The quantitative estimate of drug-likeness (QED) is 0.331. The number of thioether (sulfide) groups is 1. The van der Waals surface area contributed by atoms with Crippen LogP contribution >= 0.6 is 23.1 Å². The van der Waals surface area contributed by atoms with E-state index in [0.717, 1.165) is 11.1 Å². The first-order chi connectivity index (χ1) is 15.9. The first kappa shape index (κ1) is 24.5. The van der Waals surface area contributed by atoms with Gasteiger partial charge in [-0.25, -0.2) is 4.98 Å². The number of aromatic nitrogens is 1. The van der Waals surface area contributed by atoms with Crippen LogP contribution in [0.25, 0.3) is 0 Å². The first-order valence-electron chi connectivity index (χ1n) is 10.4. The second-order valence-corrected chi connectivity index (χ2v) is 9.22. The molecule has 3 rings (SSSR count). The number of nitrogens with zero attached hydrogens (tertiary/aromatic N) is 1. The molecule has 1 heterocycles. The summed E-state index contributed by atoms with van der Waals surface area (Å²) in [6.45, 7) is 4.49. The highest BCUT2D eigenvalue weighted by Gasteiger charge is 2.14. The van der Waals surface area contributed by atoms with Gasteiger partial charge in [-0.3, -0.25) is 14.4 Å². The van der Waals surface area contributed by atoms with E-state index in [1.165, 1.54) is 23.1 Å². The van der Waals surface area contributed by atoms with Crippen molar-refractivity contribution in [1.29, 1.82) is 0 Å². The van der Waals surface area contributed by atoms with E-state index in [0.29, 0.717) is 34.4 Å². The van der Waals surface area contributed by atoms with Gasteiger partial charge in [0.25, 0.3) is 5.91 Å². The molecule has 0 aliphatic carbocycles. The number of amides is 2. The summed E-state index contributed by atoms with van der Waals surface area (Å²) in [5.41, 5.74) is 3.62. The normalized spacial score (nSPS) is 10.5. The summed E-state index contributed by atoms with van der Waals surface area (Å²) in [6, 6.07) is 14.8. The Morgan fingerprint density at radius 3 is 2.61 bits per heavy atom. The van der Waals surface area contributed by atoms with Gasteiger partial charge < -0.3 is 15.4 Å². The number of para-hydroxylation sites is 1. The van der Waals surface area contributed by atoms with Gasteiger partial charge in [0.15, 0.2) is 4.34 Å². The number of carbonyl (C=O) groups excluding carboxylic acids is 3. The highest BCUT2D eigenvalue weighted by molar-refractivity contribution is 8.01. The fourth-order valence-electron chi connectivity index (χ4n) is 2.88. The number of benzene rings is 2. The zero-order valence-corrected chi connectivity index (χ0v) is 20.1. The number of aryl methyl sites for hydroxylation is 1. The van der Waals surface area contributed by atoms with Gasteiger partial charge in [-0.05, 0) is 31.5 Å². The monoisotopic (exact) mass is 483 g/mol. The van der Waals surface area contributed by atoms with Crippen LogP contribution in [0.15, 0.2) is 58.3 Å². The topological polar surface area (TPSA) is 97.4 Å². The van der Waals surface area contributed by atoms with E-state index in [4.69, 9.17) is 4.74 Å². The maximum Gasteiger partial charge on any atom is 0.311 e. The SMILES string of the molecule is CCOC(=O)Cc1csc(SCC(=O)Nc2ccccc2C(=O)NCc2ccc(C)cc2)n1. The molecule has 0 atom stereocenters. The van der Waals surface area contributed by atoms with Crippen molar-refractivity contribution < 1.29 is 19.1 Å². The lowest BCUT2D eigenvalue weighted by Crippen LogP contribution is -2.25. The van der Waals surface area contributed by atoms with Crippen LogP contribution < -0.4 is 10.6 Å². The van der Waals surface area contributed by atoms with Gasteiger partial charge in [-0.1, -0.05) is 53.7 Å². The summed E-state index contributed by atoms with van der Waals surface area (Å²) >= 11 is 2.65. The zero-order valence-electron chi connectivity index (χ0n) is 18.4. The molecule has 2 aromatic carbocycles. The van der Waals surface area contributed by atoms with E-state index >= 15 is 0 Å². The van der Waals surface area contributed by atoms with Gasteiger partial charge in [-0.15, -0.1) is 11.3 Å². The van der Waals surface area contributed by atoms with Crippen molar-refractivity contribution in [2.45, 2.75) is 31.2 Å². The van der Waals surface area contributed by atoms with Crippen LogP contribution in [0.1, 0.15) is 34.1 Å². The number of esters is 1. The Labute approximate surface area is 201 Å². The van der Waals surface area contributed by atoms with Crippen molar-refractivity contribution in [2.75, 3.05) is 17.7 Å². The summed E-state index contributed by atoms with van der Waals surface area (Å²) in [7, 11) is 0. The number of thiazole rings is 1. The molecule has 1 aromatic heterocycles. The molecule has 0 bridgehead atoms. The van der Waals surface area contributed by atoms with Crippen LogP contribution in [0.2, 0.25) is 0 Å². The van der Waals surface area contributed by atoms with Gasteiger partial charge in [0.1, 0.15) is 0 Å². The van der Waals surface area contributed by atoms with Gasteiger partial charge in [0.2, 0.25) is 5.91 Å². The Morgan fingerprint density at radius 2 is 1.85 bits per heavy atom. The Kier molecular flexibility index (Phi) is 9.03. The van der Waals surface area contributed by atoms with Crippen molar-refractivity contribution in [1.82, 2.24) is 10.3 Å². The minimum Gasteiger partial charge on any atom is -0.466 e. The molecule has 0 saturated heterocycles. The molecule has 2 amide bonds. The predicted molar refractivity (Wildman–Crippen MR) is 131 cm³/mol. The molecule has 0 aliphatic rings. The van der Waals surface area contributed by atoms with E-state index in [2.05, 4.69) is 15.6 Å². The fraction of sp³-hybridized carbons (Fsp3) is 0.250. The van der Waals surface area contributed by atoms with Gasteiger partial charge in [0.05, 0.1) is 35.7 Å². The molecule has 0 saturated carbocycles. The first-order valence-corrected chi connectivity index (χ1v) is 12.3. The van der Waals surface area contributed by atoms with Crippen molar-refractivity contribution in [3.63, 3.8) is 0 Å². The summed E-state index contributed by atoms with van der Waals surface area (Å²) in [6.07, 6.45) is 0.113. The molecule has 33 heavy (non-hydrogen) atoms. The molecular weight excluding hydrogens is 458 g/mol. The molecule has 3 aromatic rings. The van der Waals surface area contributed by atoms with Gasteiger partial charge in [-0.2, -0.15) is 0 Å². The van der Waals surface area contributed by atoms with Crippen LogP contribution in [0.3, 0.4) is 0 Å². The average molecular weight is 484 g/mol. The molecule has 7 nitrogen and oxygen atoms in total. The largest absolute Gasteiger partial charge is 0.466 e. The van der Waals surface area contributed by atoms with Crippen LogP contribution in [-0.2, 0) is 27.3 Å². The van der Waals surface area contributed by atoms with Crippen molar-refractivity contribution in [3.8, 4) is 0 Å². The van der Waals surface area contributed by atoms with Crippen molar-refractivity contribution in [2.24, 2.45) is 0 Å². The Morgan fingerprint density at radius 1 is 1.09 bits per heavy atom. The average Bonchev–Trinajstić information content (AvgIpc) is 3.25. The lowest BCUT2D eigenvalue weighted by molar-refractivity contribution is -0.142. The van der Waals surface area contributed by atoms with Gasteiger partial charge >= 0.3 is 5.97 Å². The number of anilines is 1. The number of ether oxygens (including phenoxy) is 1. The molecule has 2 N–H and O–H groups in total. The Hall–Kier alpha value is -3.17. The highest BCUT2D eigenvalue weighted by atomic mass is 32.2. The third kappa shape index (κ3) is 7.73. The number of hydrogen-bond donors (Lipinski definition) is 2. The van der Waals surface area contributed by atoms with E-state index in [1.54, 1.807) is 36.6 Å². The highest BCUT2D eigenvalue weighted by Crippen LogP contribution is 2.24. The lowest BCUT2D eigenvalue weighted by Gasteiger charge is -2.11. The predicted octanol–water partition coefficient (Wildman–Crippen LogP) is 4.22. The van der Waals surface area contributed by atoms with Crippen LogP contribution in [0.5, 0.6) is 0 Å². The summed E-state index contributed by atoms with van der Waals surface area (Å²) in [5, 5.41) is 7.48. The summed E-state index contributed by atoms with van der Waals surface area (Å²) in [5.74, 6) is -0.705. The van der Waals surface area contributed by atoms with Gasteiger partial charge in [0, 0.05) is 11.9 Å². The lowest BCUT2D eigenvalue weighted by atomic mass is 10.1. The standard InChI is InChI=1S/C24H25N3O4S2/c1-3-31-22(29)12-18-14-32-24(26-18)33-15-21(28)27-20-7-5-4-6-19(20)23(30)25-13-17-10-8-16(2)9-11-17/h4-11,14H,3,12-13,15H2,1-2H3,(H,25,30)(H,27,28). The number of hydrogen-bond acceptors (Lipinski definition) is 7. The third-order valence-corrected chi connectivity index (χ3v) is 6.58. The second kappa shape index (κ2) is 12.2. The van der Waals surface area contributed by atoms with E-state index < -0.39 is 0 Å². The second-order valence-electron chi connectivity index (χ2n) is 7.14.